The Bertz CT molecular complexity index is 589. The fraction of sp³-hybridized carbons (Fsp3) is 0.600. The molecule has 0 saturated carbocycles. The number of aromatic nitrogens is 3. The summed E-state index contributed by atoms with van der Waals surface area (Å²) in [6.45, 7) is 5.73. The summed E-state index contributed by atoms with van der Waals surface area (Å²) in [6, 6.07) is 6.91. The van der Waals surface area contributed by atoms with E-state index < -0.39 is 0 Å². The molecule has 0 bridgehead atoms. The van der Waals surface area contributed by atoms with Gasteiger partial charge < -0.3 is 5.73 Å². The number of nitrogens with two attached hydrogens (primary N) is 1. The van der Waals surface area contributed by atoms with Gasteiger partial charge in [-0.15, -0.1) is 10.2 Å². The molecule has 1 saturated heterocycles. The number of nitrogens with zero attached hydrogens (tertiary/aromatic N) is 4. The number of rotatable bonds is 3. The summed E-state index contributed by atoms with van der Waals surface area (Å²) in [4.78, 5) is 2.59. The molecular formula is C15H23N5. The molecule has 1 fully saturated rings. The number of pyridine rings is 1. The molecule has 108 valence electrons. The highest BCUT2D eigenvalue weighted by Crippen LogP contribution is 2.23. The first-order valence-corrected chi connectivity index (χ1v) is 7.51. The van der Waals surface area contributed by atoms with Crippen LogP contribution < -0.4 is 5.73 Å². The Morgan fingerprint density at radius 2 is 2.15 bits per heavy atom. The number of fused-ring (bicyclic) bond motifs is 1. The molecule has 5 nitrogen and oxygen atoms in total. The van der Waals surface area contributed by atoms with Crippen molar-refractivity contribution < 1.29 is 0 Å². The minimum Gasteiger partial charge on any atom is -0.385 e. The lowest BCUT2D eigenvalue weighted by molar-refractivity contribution is 0.110. The second kappa shape index (κ2) is 5.40. The zero-order chi connectivity index (χ0) is 14.1. The largest absolute Gasteiger partial charge is 0.385 e. The first kappa shape index (κ1) is 13.4. The van der Waals surface area contributed by atoms with Crippen LogP contribution in [0.1, 0.15) is 38.9 Å². The van der Waals surface area contributed by atoms with Crippen LogP contribution >= 0.6 is 0 Å². The predicted molar refractivity (Wildman–Crippen MR) is 80.6 cm³/mol. The van der Waals surface area contributed by atoms with Crippen LogP contribution in [-0.2, 0) is 6.42 Å². The molecule has 20 heavy (non-hydrogen) atoms. The molecule has 3 rings (SSSR count). The third kappa shape index (κ3) is 2.38. The molecule has 5 heteroatoms. The van der Waals surface area contributed by atoms with Crippen molar-refractivity contribution in [2.24, 2.45) is 0 Å². The van der Waals surface area contributed by atoms with E-state index in [2.05, 4.69) is 28.9 Å². The molecular weight excluding hydrogens is 250 g/mol. The fourth-order valence-corrected chi connectivity index (χ4v) is 3.29. The SMILES string of the molecule is CC(C)N1CCCCC1Cc1nnc2cccc(N)n12. The molecule has 0 aromatic carbocycles. The van der Waals surface area contributed by atoms with Gasteiger partial charge in [0.2, 0.25) is 0 Å². The first-order valence-electron chi connectivity index (χ1n) is 7.51. The van der Waals surface area contributed by atoms with E-state index in [1.165, 1.54) is 25.8 Å². The monoisotopic (exact) mass is 273 g/mol. The zero-order valence-corrected chi connectivity index (χ0v) is 12.3. The van der Waals surface area contributed by atoms with Crippen LogP contribution in [0.5, 0.6) is 0 Å². The van der Waals surface area contributed by atoms with Gasteiger partial charge in [-0.1, -0.05) is 12.5 Å². The van der Waals surface area contributed by atoms with E-state index in [0.717, 1.165) is 23.7 Å². The van der Waals surface area contributed by atoms with E-state index in [9.17, 15) is 0 Å². The van der Waals surface area contributed by atoms with E-state index in [1.807, 2.05) is 22.6 Å². The number of hydrogen-bond acceptors (Lipinski definition) is 4. The van der Waals surface area contributed by atoms with Gasteiger partial charge in [0.15, 0.2) is 5.65 Å². The summed E-state index contributed by atoms with van der Waals surface area (Å²) in [6.07, 6.45) is 4.77. The summed E-state index contributed by atoms with van der Waals surface area (Å²) in [5.74, 6) is 1.70. The quantitative estimate of drug-likeness (QED) is 0.930. The van der Waals surface area contributed by atoms with Crippen LogP contribution in [-0.4, -0.2) is 38.1 Å². The summed E-state index contributed by atoms with van der Waals surface area (Å²) in [5, 5.41) is 8.58. The van der Waals surface area contributed by atoms with E-state index in [4.69, 9.17) is 5.73 Å². The third-order valence-corrected chi connectivity index (χ3v) is 4.28. The first-order chi connectivity index (χ1) is 9.66. The molecule has 2 aromatic heterocycles. The second-order valence-electron chi connectivity index (χ2n) is 5.95. The van der Waals surface area contributed by atoms with Crippen molar-refractivity contribution in [3.05, 3.63) is 24.0 Å². The van der Waals surface area contributed by atoms with Crippen molar-refractivity contribution in [2.45, 2.75) is 51.6 Å². The van der Waals surface area contributed by atoms with E-state index in [1.54, 1.807) is 0 Å². The van der Waals surface area contributed by atoms with Crippen molar-refractivity contribution >= 4 is 11.5 Å². The topological polar surface area (TPSA) is 59.5 Å². The van der Waals surface area contributed by atoms with Crippen LogP contribution in [0.25, 0.3) is 5.65 Å². The standard InChI is InChI=1S/C15H23N5/c1-11(2)19-9-4-3-6-12(19)10-15-18-17-14-8-5-7-13(16)20(14)15/h5,7-8,11-12H,3-4,6,9-10,16H2,1-2H3. The molecule has 1 aliphatic rings. The molecule has 1 aliphatic heterocycles. The van der Waals surface area contributed by atoms with Gasteiger partial charge in [-0.2, -0.15) is 0 Å². The molecule has 2 N–H and O–H groups in total. The van der Waals surface area contributed by atoms with Gasteiger partial charge in [0.05, 0.1) is 0 Å². The molecule has 3 heterocycles. The lowest BCUT2D eigenvalue weighted by Gasteiger charge is -2.38. The minimum absolute atomic E-state index is 0.552. The molecule has 2 aromatic rings. The second-order valence-corrected chi connectivity index (χ2v) is 5.95. The van der Waals surface area contributed by atoms with Gasteiger partial charge >= 0.3 is 0 Å². The van der Waals surface area contributed by atoms with Gasteiger partial charge in [0, 0.05) is 18.5 Å². The summed E-state index contributed by atoms with van der Waals surface area (Å²) < 4.78 is 1.98. The number of hydrogen-bond donors (Lipinski definition) is 1. The smallest absolute Gasteiger partial charge is 0.162 e. The van der Waals surface area contributed by atoms with Crippen LogP contribution in [0.15, 0.2) is 18.2 Å². The molecule has 1 atom stereocenters. The minimum atomic E-state index is 0.552. The summed E-state index contributed by atoms with van der Waals surface area (Å²) >= 11 is 0. The normalized spacial score (nSPS) is 20.9. The molecule has 1 unspecified atom stereocenters. The zero-order valence-electron chi connectivity index (χ0n) is 12.3. The predicted octanol–water partition coefficient (Wildman–Crippen LogP) is 2.12. The van der Waals surface area contributed by atoms with Crippen LogP contribution in [0, 0.1) is 0 Å². The van der Waals surface area contributed by atoms with Crippen LogP contribution in [0.2, 0.25) is 0 Å². The Kier molecular flexibility index (Phi) is 3.61. The molecule has 0 aliphatic carbocycles. The van der Waals surface area contributed by atoms with Crippen molar-refractivity contribution in [1.82, 2.24) is 19.5 Å². The maximum atomic E-state index is 6.07. The van der Waals surface area contributed by atoms with Crippen molar-refractivity contribution in [1.29, 1.82) is 0 Å². The number of piperidine rings is 1. The van der Waals surface area contributed by atoms with Gasteiger partial charge in [0.25, 0.3) is 0 Å². The van der Waals surface area contributed by atoms with Gasteiger partial charge in [0.1, 0.15) is 11.6 Å². The van der Waals surface area contributed by atoms with Crippen molar-refractivity contribution in [2.75, 3.05) is 12.3 Å². The highest BCUT2D eigenvalue weighted by molar-refractivity contribution is 5.47. The van der Waals surface area contributed by atoms with E-state index in [-0.39, 0.29) is 0 Å². The average Bonchev–Trinajstić information content (AvgIpc) is 2.84. The van der Waals surface area contributed by atoms with E-state index in [0.29, 0.717) is 12.1 Å². The lowest BCUT2D eigenvalue weighted by atomic mass is 9.97. The number of anilines is 1. The third-order valence-electron chi connectivity index (χ3n) is 4.28. The Morgan fingerprint density at radius 1 is 1.30 bits per heavy atom. The summed E-state index contributed by atoms with van der Waals surface area (Å²) in [5.41, 5.74) is 6.91. The summed E-state index contributed by atoms with van der Waals surface area (Å²) in [7, 11) is 0. The highest BCUT2D eigenvalue weighted by Gasteiger charge is 2.26. The van der Waals surface area contributed by atoms with Gasteiger partial charge in [-0.3, -0.25) is 9.30 Å². The van der Waals surface area contributed by atoms with Crippen LogP contribution in [0.4, 0.5) is 5.82 Å². The Labute approximate surface area is 119 Å². The van der Waals surface area contributed by atoms with Crippen molar-refractivity contribution in [3.8, 4) is 0 Å². The Morgan fingerprint density at radius 3 is 2.95 bits per heavy atom. The Balaban J connectivity index is 1.88. The van der Waals surface area contributed by atoms with Crippen molar-refractivity contribution in [3.63, 3.8) is 0 Å². The average molecular weight is 273 g/mol. The maximum Gasteiger partial charge on any atom is 0.162 e. The fourth-order valence-electron chi connectivity index (χ4n) is 3.29. The molecule has 0 spiro atoms. The van der Waals surface area contributed by atoms with E-state index >= 15 is 0 Å². The molecule has 0 radical (unpaired) electrons. The number of nitrogen functional groups attached to an aromatic ring is 1. The van der Waals surface area contributed by atoms with Gasteiger partial charge in [-0.25, -0.2) is 0 Å². The van der Waals surface area contributed by atoms with Gasteiger partial charge in [-0.05, 0) is 45.4 Å². The Hall–Kier alpha value is -1.62. The highest BCUT2D eigenvalue weighted by atomic mass is 15.3. The number of likely N-dealkylation sites (tertiary alicyclic amines) is 1. The lowest BCUT2D eigenvalue weighted by Crippen LogP contribution is -2.45. The van der Waals surface area contributed by atoms with Crippen LogP contribution in [0.3, 0.4) is 0 Å². The maximum absolute atomic E-state index is 6.07. The molecule has 0 amide bonds.